The molecule has 192 valence electrons. The van der Waals surface area contributed by atoms with E-state index in [1.807, 2.05) is 18.2 Å². The number of carbonyl (C=O) groups excluding carboxylic acids is 2. The smallest absolute Gasteiger partial charge is 0.338 e. The van der Waals surface area contributed by atoms with Crippen LogP contribution in [0, 0.1) is 11.3 Å². The summed E-state index contributed by atoms with van der Waals surface area (Å²) in [5, 5.41) is 9.78. The van der Waals surface area contributed by atoms with Crippen molar-refractivity contribution in [1.29, 1.82) is 5.26 Å². The lowest BCUT2D eigenvalue weighted by Crippen LogP contribution is -2.23. The lowest BCUT2D eigenvalue weighted by atomic mass is 10.1. The predicted octanol–water partition coefficient (Wildman–Crippen LogP) is 5.56. The number of benzene rings is 3. The molecule has 3 aromatic carbocycles. The fraction of sp³-hybridized carbons (Fsp3) is 0.172. The van der Waals surface area contributed by atoms with Crippen LogP contribution in [0.1, 0.15) is 34.0 Å². The number of ether oxygens (including phenoxy) is 3. The van der Waals surface area contributed by atoms with Gasteiger partial charge in [-0.25, -0.2) is 9.79 Å². The largest absolute Gasteiger partial charge is 0.493 e. The van der Waals surface area contributed by atoms with Crippen molar-refractivity contribution in [3.63, 3.8) is 0 Å². The molecule has 38 heavy (non-hydrogen) atoms. The summed E-state index contributed by atoms with van der Waals surface area (Å²) < 4.78 is 16.5. The molecule has 0 unspecified atom stereocenters. The first kappa shape index (κ1) is 26.5. The summed E-state index contributed by atoms with van der Waals surface area (Å²) in [6.45, 7) is 2.25. The number of esters is 1. The first-order valence-electron chi connectivity index (χ1n) is 11.8. The molecule has 1 aliphatic heterocycles. The maximum absolute atomic E-state index is 12.9. The lowest BCUT2D eigenvalue weighted by Gasteiger charge is -2.12. The predicted molar refractivity (Wildman–Crippen MR) is 146 cm³/mol. The highest BCUT2D eigenvalue weighted by molar-refractivity contribution is 8.18. The summed E-state index contributed by atoms with van der Waals surface area (Å²) in [5.41, 5.74) is 3.02. The molecule has 9 heteroatoms. The average molecular weight is 528 g/mol. The third-order valence-electron chi connectivity index (χ3n) is 5.59. The van der Waals surface area contributed by atoms with Crippen LogP contribution in [0.15, 0.2) is 76.6 Å². The van der Waals surface area contributed by atoms with Crippen LogP contribution in [0.2, 0.25) is 0 Å². The van der Waals surface area contributed by atoms with Gasteiger partial charge in [0, 0.05) is 12.6 Å². The van der Waals surface area contributed by atoms with E-state index in [0.29, 0.717) is 38.4 Å². The van der Waals surface area contributed by atoms with Crippen LogP contribution in [0.3, 0.4) is 0 Å². The van der Waals surface area contributed by atoms with E-state index in [9.17, 15) is 14.9 Å². The van der Waals surface area contributed by atoms with Gasteiger partial charge in [-0.2, -0.15) is 5.26 Å². The summed E-state index contributed by atoms with van der Waals surface area (Å²) in [6.07, 6.45) is 1.76. The maximum atomic E-state index is 12.9. The van der Waals surface area contributed by atoms with Gasteiger partial charge in [-0.05, 0) is 66.7 Å². The van der Waals surface area contributed by atoms with Gasteiger partial charge in [0.15, 0.2) is 16.7 Å². The summed E-state index contributed by atoms with van der Waals surface area (Å²) in [5.74, 6) is 0.410. The Balaban J connectivity index is 1.52. The van der Waals surface area contributed by atoms with E-state index in [4.69, 9.17) is 14.2 Å². The summed E-state index contributed by atoms with van der Waals surface area (Å²) >= 11 is 1.24. The van der Waals surface area contributed by atoms with E-state index < -0.39 is 5.97 Å². The Bertz CT molecular complexity index is 1480. The average Bonchev–Trinajstić information content (AvgIpc) is 3.20. The van der Waals surface area contributed by atoms with E-state index in [0.717, 1.165) is 11.1 Å². The second kappa shape index (κ2) is 12.1. The Morgan fingerprint density at radius 2 is 1.92 bits per heavy atom. The Labute approximate surface area is 225 Å². The fourth-order valence-corrected chi connectivity index (χ4v) is 4.62. The molecule has 1 aliphatic rings. The number of likely N-dealkylation sites (N-methyl/N-ethyl adjacent to an activating group) is 1. The standard InChI is InChI=1S/C29H25N3O5S/c1-4-36-28(34)20-10-7-11-23(16-20)31-29-32(2)27(33)26(38-29)15-19-12-13-24(25(14-19)35-3)37-18-22-9-6-5-8-21(22)17-30/h5-16H,4,18H2,1-3H3. The Kier molecular flexibility index (Phi) is 8.46. The molecule has 1 heterocycles. The number of carbonyl (C=O) groups is 2. The molecule has 0 aromatic heterocycles. The number of amides is 1. The second-order valence-electron chi connectivity index (χ2n) is 8.11. The first-order valence-corrected chi connectivity index (χ1v) is 12.6. The number of nitriles is 1. The fourth-order valence-electron chi connectivity index (χ4n) is 3.63. The van der Waals surface area contributed by atoms with Crippen molar-refractivity contribution < 1.29 is 23.8 Å². The van der Waals surface area contributed by atoms with E-state index in [1.54, 1.807) is 75.7 Å². The van der Waals surface area contributed by atoms with Gasteiger partial charge in [0.2, 0.25) is 0 Å². The van der Waals surface area contributed by atoms with Crippen LogP contribution in [-0.4, -0.2) is 42.7 Å². The van der Waals surface area contributed by atoms with Crippen LogP contribution >= 0.6 is 11.8 Å². The number of hydrogen-bond acceptors (Lipinski definition) is 8. The van der Waals surface area contributed by atoms with Gasteiger partial charge in [0.1, 0.15) is 6.61 Å². The van der Waals surface area contributed by atoms with Gasteiger partial charge in [-0.1, -0.05) is 30.3 Å². The van der Waals surface area contributed by atoms with Crippen LogP contribution in [0.5, 0.6) is 11.5 Å². The molecular formula is C29H25N3O5S. The molecule has 1 fully saturated rings. The van der Waals surface area contributed by atoms with Gasteiger partial charge in [0.25, 0.3) is 5.91 Å². The molecular weight excluding hydrogens is 502 g/mol. The zero-order valence-electron chi connectivity index (χ0n) is 21.1. The molecule has 8 nitrogen and oxygen atoms in total. The Hall–Kier alpha value is -4.55. The van der Waals surface area contributed by atoms with Crippen molar-refractivity contribution in [1.82, 2.24) is 4.90 Å². The van der Waals surface area contributed by atoms with Gasteiger partial charge in [0.05, 0.1) is 41.5 Å². The van der Waals surface area contributed by atoms with Crippen LogP contribution < -0.4 is 9.47 Å². The number of hydrogen-bond donors (Lipinski definition) is 0. The van der Waals surface area contributed by atoms with Crippen LogP contribution in [-0.2, 0) is 16.1 Å². The second-order valence-corrected chi connectivity index (χ2v) is 9.12. The maximum Gasteiger partial charge on any atom is 0.338 e. The number of methoxy groups -OCH3 is 1. The summed E-state index contributed by atoms with van der Waals surface area (Å²) in [4.78, 5) is 31.5. The van der Waals surface area contributed by atoms with E-state index in [1.165, 1.54) is 16.7 Å². The van der Waals surface area contributed by atoms with Crippen molar-refractivity contribution in [3.05, 3.63) is 93.9 Å². The number of nitrogens with zero attached hydrogens (tertiary/aromatic N) is 3. The third-order valence-corrected chi connectivity index (χ3v) is 6.65. The minimum absolute atomic E-state index is 0.192. The minimum Gasteiger partial charge on any atom is -0.493 e. The third kappa shape index (κ3) is 6.05. The van der Waals surface area contributed by atoms with Gasteiger partial charge in [-0.3, -0.25) is 9.69 Å². The number of aliphatic imine (C=N–C) groups is 1. The quantitative estimate of drug-likeness (QED) is 0.279. The van der Waals surface area contributed by atoms with Crippen LogP contribution in [0.25, 0.3) is 6.08 Å². The zero-order chi connectivity index (χ0) is 27.1. The highest BCUT2D eigenvalue weighted by atomic mass is 32.2. The van der Waals surface area contributed by atoms with Gasteiger partial charge in [-0.15, -0.1) is 0 Å². The van der Waals surface area contributed by atoms with Gasteiger partial charge >= 0.3 is 5.97 Å². The molecule has 0 atom stereocenters. The Morgan fingerprint density at radius 3 is 2.68 bits per heavy atom. The van der Waals surface area contributed by atoms with Crippen molar-refractivity contribution in [3.8, 4) is 17.6 Å². The Morgan fingerprint density at radius 1 is 1.11 bits per heavy atom. The topological polar surface area (TPSA) is 101 Å². The molecule has 0 N–H and O–H groups in total. The van der Waals surface area contributed by atoms with Crippen molar-refractivity contribution in [2.75, 3.05) is 20.8 Å². The summed E-state index contributed by atoms with van der Waals surface area (Å²) in [7, 11) is 3.20. The lowest BCUT2D eigenvalue weighted by molar-refractivity contribution is -0.121. The summed E-state index contributed by atoms with van der Waals surface area (Å²) in [6, 6.07) is 21.6. The molecule has 1 saturated heterocycles. The molecule has 0 spiro atoms. The van der Waals surface area contributed by atoms with E-state index in [2.05, 4.69) is 11.1 Å². The SMILES string of the molecule is CCOC(=O)c1cccc(N=C2SC(=Cc3ccc(OCc4ccccc4C#N)c(OC)c3)C(=O)N2C)c1. The van der Waals surface area contributed by atoms with E-state index in [-0.39, 0.29) is 19.1 Å². The number of thioether (sulfide) groups is 1. The molecule has 1 amide bonds. The normalized spacial score (nSPS) is 15.0. The molecule has 4 rings (SSSR count). The molecule has 0 bridgehead atoms. The monoisotopic (exact) mass is 527 g/mol. The van der Waals surface area contributed by atoms with Crippen molar-refractivity contribution in [2.24, 2.45) is 4.99 Å². The van der Waals surface area contributed by atoms with Crippen LogP contribution in [0.4, 0.5) is 5.69 Å². The number of amidine groups is 1. The molecule has 0 aliphatic carbocycles. The van der Waals surface area contributed by atoms with E-state index >= 15 is 0 Å². The highest BCUT2D eigenvalue weighted by Gasteiger charge is 2.30. The van der Waals surface area contributed by atoms with Gasteiger partial charge < -0.3 is 14.2 Å². The zero-order valence-corrected chi connectivity index (χ0v) is 22.0. The van der Waals surface area contributed by atoms with Crippen molar-refractivity contribution in [2.45, 2.75) is 13.5 Å². The molecule has 3 aromatic rings. The molecule has 0 radical (unpaired) electrons. The first-order chi connectivity index (χ1) is 18.4. The minimum atomic E-state index is -0.422. The number of rotatable bonds is 8. The van der Waals surface area contributed by atoms with Crippen molar-refractivity contribution >= 4 is 40.6 Å². The molecule has 0 saturated carbocycles. The highest BCUT2D eigenvalue weighted by Crippen LogP contribution is 2.35.